The molecule has 0 bridgehead atoms. The summed E-state index contributed by atoms with van der Waals surface area (Å²) in [5, 5.41) is 2.89. The van der Waals surface area contributed by atoms with Gasteiger partial charge in [0.25, 0.3) is 5.91 Å². The van der Waals surface area contributed by atoms with Crippen LogP contribution in [0.1, 0.15) is 28.5 Å². The first-order chi connectivity index (χ1) is 13.6. The molecule has 28 heavy (non-hydrogen) atoms. The molecular formula is C21H26N4O3. The van der Waals surface area contributed by atoms with Crippen LogP contribution in [0.15, 0.2) is 42.6 Å². The second kappa shape index (κ2) is 9.21. The standard InChI is InChI=1S/C21H26N4O3/c1-3-28-21(27)25-12-10-24(11-13-25)18-8-9-19(22-15-18)20(26)23-14-17-6-4-16(2)5-7-17/h4-9,15H,3,10-14H2,1-2H3,(H,23,26). The number of carbonyl (C=O) groups excluding carboxylic acids is 2. The van der Waals surface area contributed by atoms with Crippen LogP contribution < -0.4 is 10.2 Å². The van der Waals surface area contributed by atoms with Crippen molar-refractivity contribution < 1.29 is 14.3 Å². The third-order valence-electron chi connectivity index (χ3n) is 4.73. The Labute approximate surface area is 165 Å². The number of piperazine rings is 1. The number of ether oxygens (including phenoxy) is 1. The number of hydrogen-bond acceptors (Lipinski definition) is 5. The van der Waals surface area contributed by atoms with Gasteiger partial charge in [0.2, 0.25) is 0 Å². The number of amides is 2. The Hall–Kier alpha value is -3.09. The Morgan fingerprint density at radius 1 is 1.07 bits per heavy atom. The van der Waals surface area contributed by atoms with E-state index in [1.807, 2.05) is 37.3 Å². The molecule has 2 amide bonds. The lowest BCUT2D eigenvalue weighted by atomic mass is 10.1. The van der Waals surface area contributed by atoms with Gasteiger partial charge in [-0.3, -0.25) is 4.79 Å². The minimum atomic E-state index is -0.263. The molecule has 0 atom stereocenters. The highest BCUT2D eigenvalue weighted by Crippen LogP contribution is 2.16. The number of pyridine rings is 1. The molecular weight excluding hydrogens is 356 g/mol. The zero-order chi connectivity index (χ0) is 19.9. The summed E-state index contributed by atoms with van der Waals surface area (Å²) in [6.45, 7) is 7.33. The Morgan fingerprint density at radius 2 is 1.79 bits per heavy atom. The molecule has 2 aromatic rings. The summed E-state index contributed by atoms with van der Waals surface area (Å²) >= 11 is 0. The summed E-state index contributed by atoms with van der Waals surface area (Å²) in [6.07, 6.45) is 1.45. The SMILES string of the molecule is CCOC(=O)N1CCN(c2ccc(C(=O)NCc3ccc(C)cc3)nc2)CC1. The highest BCUT2D eigenvalue weighted by molar-refractivity contribution is 5.92. The van der Waals surface area contributed by atoms with E-state index in [-0.39, 0.29) is 12.0 Å². The lowest BCUT2D eigenvalue weighted by molar-refractivity contribution is 0.0945. The van der Waals surface area contributed by atoms with Crippen LogP contribution in [0.5, 0.6) is 0 Å². The van der Waals surface area contributed by atoms with Crippen molar-refractivity contribution in [2.75, 3.05) is 37.7 Å². The number of nitrogens with zero attached hydrogens (tertiary/aromatic N) is 3. The minimum absolute atomic E-state index is 0.195. The molecule has 1 fully saturated rings. The van der Waals surface area contributed by atoms with Crippen LogP contribution in [0.25, 0.3) is 0 Å². The van der Waals surface area contributed by atoms with E-state index in [2.05, 4.69) is 15.2 Å². The third-order valence-corrected chi connectivity index (χ3v) is 4.73. The van der Waals surface area contributed by atoms with Gasteiger partial charge in [-0.2, -0.15) is 0 Å². The van der Waals surface area contributed by atoms with Gasteiger partial charge >= 0.3 is 6.09 Å². The number of benzene rings is 1. The Kier molecular flexibility index (Phi) is 6.47. The molecule has 3 rings (SSSR count). The molecule has 0 radical (unpaired) electrons. The van der Waals surface area contributed by atoms with E-state index < -0.39 is 0 Å². The number of carbonyl (C=O) groups is 2. The van der Waals surface area contributed by atoms with Crippen LogP contribution in [0.2, 0.25) is 0 Å². The first-order valence-corrected chi connectivity index (χ1v) is 9.53. The molecule has 2 heterocycles. The minimum Gasteiger partial charge on any atom is -0.450 e. The highest BCUT2D eigenvalue weighted by atomic mass is 16.6. The van der Waals surface area contributed by atoms with Gasteiger partial charge < -0.3 is 19.9 Å². The molecule has 1 aromatic heterocycles. The zero-order valence-corrected chi connectivity index (χ0v) is 16.4. The van der Waals surface area contributed by atoms with Crippen LogP contribution in [0.3, 0.4) is 0 Å². The molecule has 0 spiro atoms. The summed E-state index contributed by atoms with van der Waals surface area (Å²) < 4.78 is 5.04. The van der Waals surface area contributed by atoms with Crippen molar-refractivity contribution in [1.29, 1.82) is 0 Å². The predicted octanol–water partition coefficient (Wildman–Crippen LogP) is 2.60. The quantitative estimate of drug-likeness (QED) is 0.860. The predicted molar refractivity (Wildman–Crippen MR) is 107 cm³/mol. The summed E-state index contributed by atoms with van der Waals surface area (Å²) in [5.74, 6) is -0.195. The largest absolute Gasteiger partial charge is 0.450 e. The van der Waals surface area contributed by atoms with Gasteiger partial charge in [-0.25, -0.2) is 9.78 Å². The number of anilines is 1. The lowest BCUT2D eigenvalue weighted by Crippen LogP contribution is -2.49. The monoisotopic (exact) mass is 382 g/mol. The lowest BCUT2D eigenvalue weighted by Gasteiger charge is -2.35. The van der Waals surface area contributed by atoms with E-state index in [4.69, 9.17) is 4.74 Å². The van der Waals surface area contributed by atoms with Crippen molar-refractivity contribution in [1.82, 2.24) is 15.2 Å². The maximum atomic E-state index is 12.3. The normalized spacial score (nSPS) is 13.9. The van der Waals surface area contributed by atoms with Crippen LogP contribution >= 0.6 is 0 Å². The van der Waals surface area contributed by atoms with Crippen LogP contribution in [0, 0.1) is 6.92 Å². The molecule has 148 valence electrons. The second-order valence-corrected chi connectivity index (χ2v) is 6.74. The summed E-state index contributed by atoms with van der Waals surface area (Å²) in [6, 6.07) is 11.7. The first-order valence-electron chi connectivity index (χ1n) is 9.53. The molecule has 0 aliphatic carbocycles. The number of hydrogen-bond donors (Lipinski definition) is 1. The van der Waals surface area contributed by atoms with Gasteiger partial charge in [0.05, 0.1) is 18.5 Å². The summed E-state index contributed by atoms with van der Waals surface area (Å²) in [7, 11) is 0. The van der Waals surface area contributed by atoms with Crippen molar-refractivity contribution in [2.45, 2.75) is 20.4 Å². The maximum Gasteiger partial charge on any atom is 0.409 e. The Bertz CT molecular complexity index is 797. The average Bonchev–Trinajstić information content (AvgIpc) is 2.73. The van der Waals surface area contributed by atoms with E-state index in [1.54, 1.807) is 24.1 Å². The van der Waals surface area contributed by atoms with Crippen LogP contribution in [0.4, 0.5) is 10.5 Å². The van der Waals surface area contributed by atoms with E-state index in [9.17, 15) is 9.59 Å². The number of rotatable bonds is 5. The first kappa shape index (κ1) is 19.7. The van der Waals surface area contributed by atoms with Crippen molar-refractivity contribution in [2.24, 2.45) is 0 Å². The molecule has 1 saturated heterocycles. The molecule has 1 aliphatic heterocycles. The van der Waals surface area contributed by atoms with E-state index in [0.717, 1.165) is 11.3 Å². The molecule has 1 N–H and O–H groups in total. The fourth-order valence-corrected chi connectivity index (χ4v) is 3.05. The van der Waals surface area contributed by atoms with Crippen molar-refractivity contribution in [3.8, 4) is 0 Å². The van der Waals surface area contributed by atoms with E-state index in [0.29, 0.717) is 45.0 Å². The van der Waals surface area contributed by atoms with Gasteiger partial charge in [-0.15, -0.1) is 0 Å². The van der Waals surface area contributed by atoms with Crippen molar-refractivity contribution in [3.05, 3.63) is 59.4 Å². The Morgan fingerprint density at radius 3 is 2.39 bits per heavy atom. The fourth-order valence-electron chi connectivity index (χ4n) is 3.05. The van der Waals surface area contributed by atoms with E-state index >= 15 is 0 Å². The molecule has 1 aromatic carbocycles. The second-order valence-electron chi connectivity index (χ2n) is 6.74. The smallest absolute Gasteiger partial charge is 0.409 e. The van der Waals surface area contributed by atoms with Gasteiger partial charge in [0.15, 0.2) is 0 Å². The van der Waals surface area contributed by atoms with Crippen LogP contribution in [-0.2, 0) is 11.3 Å². The molecule has 7 heteroatoms. The van der Waals surface area contributed by atoms with Crippen LogP contribution in [-0.4, -0.2) is 54.7 Å². The number of aryl methyl sites for hydroxylation is 1. The topological polar surface area (TPSA) is 74.8 Å². The summed E-state index contributed by atoms with van der Waals surface area (Å²) in [4.78, 5) is 32.2. The molecule has 0 saturated carbocycles. The maximum absolute atomic E-state index is 12.3. The highest BCUT2D eigenvalue weighted by Gasteiger charge is 2.22. The average molecular weight is 382 g/mol. The van der Waals surface area contributed by atoms with Gasteiger partial charge in [-0.1, -0.05) is 29.8 Å². The number of aromatic nitrogens is 1. The van der Waals surface area contributed by atoms with Crippen molar-refractivity contribution in [3.63, 3.8) is 0 Å². The van der Waals surface area contributed by atoms with Gasteiger partial charge in [0, 0.05) is 32.7 Å². The van der Waals surface area contributed by atoms with Gasteiger partial charge in [-0.05, 0) is 31.5 Å². The van der Waals surface area contributed by atoms with Gasteiger partial charge in [0.1, 0.15) is 5.69 Å². The zero-order valence-electron chi connectivity index (χ0n) is 16.4. The third kappa shape index (κ3) is 5.00. The fraction of sp³-hybridized carbons (Fsp3) is 0.381. The van der Waals surface area contributed by atoms with Crippen molar-refractivity contribution >= 4 is 17.7 Å². The number of nitrogens with one attached hydrogen (secondary N) is 1. The molecule has 0 unspecified atom stereocenters. The molecule has 7 nitrogen and oxygen atoms in total. The molecule has 1 aliphatic rings. The van der Waals surface area contributed by atoms with E-state index in [1.165, 1.54) is 5.56 Å². The summed E-state index contributed by atoms with van der Waals surface area (Å²) in [5.41, 5.74) is 3.57. The Balaban J connectivity index is 1.51.